The van der Waals surface area contributed by atoms with Gasteiger partial charge in [-0.15, -0.1) is 0 Å². The number of nitrogens with one attached hydrogen (secondary N) is 1. The summed E-state index contributed by atoms with van der Waals surface area (Å²) in [5.41, 5.74) is 2.13. The molecule has 0 bridgehead atoms. The molecule has 0 amide bonds. The molecule has 2 heterocycles. The van der Waals surface area contributed by atoms with Crippen molar-refractivity contribution in [3.8, 4) is 5.75 Å². The largest absolute Gasteiger partial charge is 0.508 e. The average molecular weight is 364 g/mol. The predicted molar refractivity (Wildman–Crippen MR) is 103 cm³/mol. The first-order valence-corrected chi connectivity index (χ1v) is 9.71. The number of ether oxygens (including phenoxy) is 2. The highest BCUT2D eigenvalue weighted by Gasteiger charge is 2.23. The van der Waals surface area contributed by atoms with Crippen LogP contribution in [0, 0.1) is 6.92 Å². The summed E-state index contributed by atoms with van der Waals surface area (Å²) < 4.78 is 11.0. The third kappa shape index (κ3) is 5.66. The maximum absolute atomic E-state index is 9.91. The van der Waals surface area contributed by atoms with E-state index in [0.717, 1.165) is 64.4 Å². The van der Waals surface area contributed by atoms with Crippen molar-refractivity contribution in [3.63, 3.8) is 0 Å². The predicted octanol–water partition coefficient (Wildman–Crippen LogP) is 0.864. The molecule has 1 unspecified atom stereocenters. The molecular formula is C20H33N3O3. The number of rotatable bonds is 7. The summed E-state index contributed by atoms with van der Waals surface area (Å²) >= 11 is 0. The highest BCUT2D eigenvalue weighted by atomic mass is 16.5. The SMILES string of the molecule is COC[C@@H]1CN(CCN2CCNC(Cc3ccc(C)c(O)c3)C2)CCO1. The minimum Gasteiger partial charge on any atom is -0.508 e. The van der Waals surface area contributed by atoms with Crippen molar-refractivity contribution >= 4 is 0 Å². The lowest BCUT2D eigenvalue weighted by atomic mass is 10.0. The quantitative estimate of drug-likeness (QED) is 0.750. The first-order chi connectivity index (χ1) is 12.6. The molecule has 0 aromatic heterocycles. The van der Waals surface area contributed by atoms with E-state index in [-0.39, 0.29) is 6.10 Å². The molecule has 2 N–H and O–H groups in total. The van der Waals surface area contributed by atoms with Gasteiger partial charge >= 0.3 is 0 Å². The lowest BCUT2D eigenvalue weighted by molar-refractivity contribution is -0.0624. The summed E-state index contributed by atoms with van der Waals surface area (Å²) in [5, 5.41) is 13.5. The molecule has 2 aliphatic heterocycles. The highest BCUT2D eigenvalue weighted by Crippen LogP contribution is 2.19. The molecule has 146 valence electrons. The molecule has 2 saturated heterocycles. The Kier molecular flexibility index (Phi) is 7.28. The molecule has 3 rings (SSSR count). The Balaban J connectivity index is 1.44. The first-order valence-electron chi connectivity index (χ1n) is 9.71. The van der Waals surface area contributed by atoms with Gasteiger partial charge in [-0.25, -0.2) is 0 Å². The van der Waals surface area contributed by atoms with Crippen LogP contribution in [-0.2, 0) is 15.9 Å². The number of aromatic hydroxyl groups is 1. The zero-order valence-corrected chi connectivity index (χ0v) is 16.1. The minimum atomic E-state index is 0.207. The Bertz CT molecular complexity index is 567. The second kappa shape index (κ2) is 9.67. The lowest BCUT2D eigenvalue weighted by Gasteiger charge is -2.37. The van der Waals surface area contributed by atoms with Gasteiger partial charge in [0.1, 0.15) is 5.75 Å². The number of hydrogen-bond acceptors (Lipinski definition) is 6. The van der Waals surface area contributed by atoms with Gasteiger partial charge in [-0.3, -0.25) is 9.80 Å². The van der Waals surface area contributed by atoms with Crippen LogP contribution >= 0.6 is 0 Å². The number of nitrogens with zero attached hydrogens (tertiary/aromatic N) is 2. The van der Waals surface area contributed by atoms with Crippen LogP contribution in [0.3, 0.4) is 0 Å². The fourth-order valence-electron chi connectivity index (χ4n) is 3.85. The molecule has 0 spiro atoms. The highest BCUT2D eigenvalue weighted by molar-refractivity contribution is 5.35. The molecule has 26 heavy (non-hydrogen) atoms. The average Bonchev–Trinajstić information content (AvgIpc) is 2.64. The zero-order chi connectivity index (χ0) is 18.4. The van der Waals surface area contributed by atoms with Crippen LogP contribution in [0.5, 0.6) is 5.75 Å². The molecule has 0 radical (unpaired) electrons. The van der Waals surface area contributed by atoms with Crippen molar-refractivity contribution in [2.45, 2.75) is 25.5 Å². The summed E-state index contributed by atoms with van der Waals surface area (Å²) in [7, 11) is 1.73. The van der Waals surface area contributed by atoms with Crippen LogP contribution in [0.1, 0.15) is 11.1 Å². The van der Waals surface area contributed by atoms with Crippen molar-refractivity contribution in [2.75, 3.05) is 66.1 Å². The Morgan fingerprint density at radius 2 is 2.04 bits per heavy atom. The van der Waals surface area contributed by atoms with E-state index in [1.165, 1.54) is 5.56 Å². The van der Waals surface area contributed by atoms with Gasteiger partial charge in [-0.05, 0) is 30.5 Å². The second-order valence-corrected chi connectivity index (χ2v) is 7.53. The normalized spacial score (nSPS) is 25.5. The van der Waals surface area contributed by atoms with Crippen molar-refractivity contribution in [1.29, 1.82) is 0 Å². The first kappa shape index (κ1) is 19.6. The molecule has 6 heteroatoms. The van der Waals surface area contributed by atoms with E-state index in [1.54, 1.807) is 7.11 Å². The molecule has 1 aromatic rings. The summed E-state index contributed by atoms with van der Waals surface area (Å²) in [6, 6.07) is 6.47. The van der Waals surface area contributed by atoms with Crippen molar-refractivity contribution in [2.24, 2.45) is 0 Å². The minimum absolute atomic E-state index is 0.207. The fourth-order valence-corrected chi connectivity index (χ4v) is 3.85. The van der Waals surface area contributed by atoms with E-state index >= 15 is 0 Å². The Morgan fingerprint density at radius 3 is 2.81 bits per heavy atom. The van der Waals surface area contributed by atoms with Gasteiger partial charge in [-0.2, -0.15) is 0 Å². The van der Waals surface area contributed by atoms with Crippen LogP contribution in [0.2, 0.25) is 0 Å². The number of piperazine rings is 1. The zero-order valence-electron chi connectivity index (χ0n) is 16.1. The number of methoxy groups -OCH3 is 1. The summed E-state index contributed by atoms with van der Waals surface area (Å²) in [6.45, 7) is 10.7. The molecule has 6 nitrogen and oxygen atoms in total. The number of hydrogen-bond donors (Lipinski definition) is 2. The maximum atomic E-state index is 9.91. The van der Waals surface area contributed by atoms with Gasteiger partial charge in [0.25, 0.3) is 0 Å². The number of phenolic OH excluding ortho intramolecular Hbond substituents is 1. The van der Waals surface area contributed by atoms with Crippen LogP contribution in [-0.4, -0.2) is 93.2 Å². The standard InChI is InChI=1S/C20H33N3O3/c1-16-3-4-17(12-20(16)24)11-18-13-22(6-5-21-18)7-8-23-9-10-26-19(14-23)15-25-2/h3-4,12,18-19,21,24H,5-11,13-15H2,1-2H3/t18?,19-/m0/s1. The topological polar surface area (TPSA) is 57.2 Å². The van der Waals surface area contributed by atoms with Crippen LogP contribution in [0.15, 0.2) is 18.2 Å². The van der Waals surface area contributed by atoms with E-state index in [9.17, 15) is 5.11 Å². The third-order valence-corrected chi connectivity index (χ3v) is 5.40. The van der Waals surface area contributed by atoms with E-state index < -0.39 is 0 Å². The maximum Gasteiger partial charge on any atom is 0.118 e. The molecule has 1 aromatic carbocycles. The molecule has 0 aliphatic carbocycles. The molecular weight excluding hydrogens is 330 g/mol. The van der Waals surface area contributed by atoms with E-state index in [0.29, 0.717) is 18.4 Å². The monoisotopic (exact) mass is 363 g/mol. The Labute approximate surface area is 157 Å². The molecule has 2 fully saturated rings. The van der Waals surface area contributed by atoms with Gasteiger partial charge < -0.3 is 19.9 Å². The van der Waals surface area contributed by atoms with Crippen LogP contribution in [0.4, 0.5) is 0 Å². The molecule has 2 aliphatic rings. The van der Waals surface area contributed by atoms with Crippen molar-refractivity contribution < 1.29 is 14.6 Å². The molecule has 2 atom stereocenters. The third-order valence-electron chi connectivity index (χ3n) is 5.40. The van der Waals surface area contributed by atoms with Crippen molar-refractivity contribution in [1.82, 2.24) is 15.1 Å². The van der Waals surface area contributed by atoms with Gasteiger partial charge in [0, 0.05) is 59.0 Å². The molecule has 0 saturated carbocycles. The number of phenols is 1. The number of aryl methyl sites for hydroxylation is 1. The summed E-state index contributed by atoms with van der Waals surface area (Å²) in [5.74, 6) is 0.396. The van der Waals surface area contributed by atoms with E-state index in [2.05, 4.69) is 21.2 Å². The van der Waals surface area contributed by atoms with Gasteiger partial charge in [0.15, 0.2) is 0 Å². The fraction of sp³-hybridized carbons (Fsp3) is 0.700. The van der Waals surface area contributed by atoms with Gasteiger partial charge in [0.2, 0.25) is 0 Å². The van der Waals surface area contributed by atoms with Crippen LogP contribution in [0.25, 0.3) is 0 Å². The Morgan fingerprint density at radius 1 is 1.23 bits per heavy atom. The van der Waals surface area contributed by atoms with Gasteiger partial charge in [-0.1, -0.05) is 12.1 Å². The smallest absolute Gasteiger partial charge is 0.118 e. The van der Waals surface area contributed by atoms with Crippen LogP contribution < -0.4 is 5.32 Å². The van der Waals surface area contributed by atoms with Crippen molar-refractivity contribution in [3.05, 3.63) is 29.3 Å². The Hall–Kier alpha value is -1.18. The number of morpholine rings is 1. The summed E-state index contributed by atoms with van der Waals surface area (Å²) in [6.07, 6.45) is 1.16. The van der Waals surface area contributed by atoms with Gasteiger partial charge in [0.05, 0.1) is 19.3 Å². The summed E-state index contributed by atoms with van der Waals surface area (Å²) in [4.78, 5) is 5.04. The van der Waals surface area contributed by atoms with E-state index in [1.807, 2.05) is 19.1 Å². The second-order valence-electron chi connectivity index (χ2n) is 7.53. The van der Waals surface area contributed by atoms with E-state index in [4.69, 9.17) is 9.47 Å². The lowest BCUT2D eigenvalue weighted by Crippen LogP contribution is -2.54. The number of benzene rings is 1.